The third kappa shape index (κ3) is 11.0. The van der Waals surface area contributed by atoms with Crippen molar-refractivity contribution in [2.75, 3.05) is 6.61 Å². The Hall–Kier alpha value is -0.610. The van der Waals surface area contributed by atoms with Gasteiger partial charge in [0.15, 0.2) is 6.10 Å². The molecule has 22 heavy (non-hydrogen) atoms. The minimum absolute atomic E-state index is 0.0287. The second-order valence-corrected chi connectivity index (χ2v) is 8.32. The normalized spacial score (nSPS) is 15.5. The Labute approximate surface area is 136 Å². The quantitative estimate of drug-likeness (QED) is 0.262. The van der Waals surface area contributed by atoms with Gasteiger partial charge in [-0.2, -0.15) is 0 Å². The second-order valence-electron chi connectivity index (χ2n) is 8.32. The molecule has 0 aliphatic rings. The Morgan fingerprint density at radius 1 is 1.05 bits per heavy atom. The molecule has 0 spiro atoms. The van der Waals surface area contributed by atoms with E-state index in [1.165, 1.54) is 0 Å². The zero-order valence-corrected chi connectivity index (χ0v) is 15.8. The van der Waals surface area contributed by atoms with Crippen molar-refractivity contribution in [1.29, 1.82) is 0 Å². The van der Waals surface area contributed by atoms with Gasteiger partial charge in [0.2, 0.25) is 0 Å². The molecule has 0 radical (unpaired) electrons. The fourth-order valence-corrected chi connectivity index (χ4v) is 2.33. The molecule has 0 bridgehead atoms. The SMILES string of the molecule is CCCCCOOC(C(=O)OC(C)(C)C)C(C)CC(C)(C)C. The molecule has 0 amide bonds. The van der Waals surface area contributed by atoms with E-state index in [2.05, 4.69) is 27.7 Å². The molecular weight excluding hydrogens is 280 g/mol. The van der Waals surface area contributed by atoms with Crippen LogP contribution >= 0.6 is 0 Å². The van der Waals surface area contributed by atoms with E-state index in [0.717, 1.165) is 25.7 Å². The third-order valence-corrected chi connectivity index (χ3v) is 3.09. The van der Waals surface area contributed by atoms with E-state index in [-0.39, 0.29) is 17.3 Å². The molecular formula is C18H36O4. The molecule has 0 aliphatic carbocycles. The lowest BCUT2D eigenvalue weighted by Crippen LogP contribution is -2.38. The van der Waals surface area contributed by atoms with Gasteiger partial charge < -0.3 is 4.74 Å². The van der Waals surface area contributed by atoms with Crippen LogP contribution in [0.5, 0.6) is 0 Å². The molecule has 0 aromatic heterocycles. The van der Waals surface area contributed by atoms with Gasteiger partial charge in [0, 0.05) is 0 Å². The number of rotatable bonds is 9. The Morgan fingerprint density at radius 3 is 2.09 bits per heavy atom. The van der Waals surface area contributed by atoms with Crippen molar-refractivity contribution in [3.63, 3.8) is 0 Å². The highest BCUT2D eigenvalue weighted by molar-refractivity contribution is 5.75. The number of hydrogen-bond acceptors (Lipinski definition) is 4. The summed E-state index contributed by atoms with van der Waals surface area (Å²) in [5.74, 6) is -0.319. The van der Waals surface area contributed by atoms with Gasteiger partial charge in [-0.1, -0.05) is 47.5 Å². The van der Waals surface area contributed by atoms with Crippen LogP contribution in [0.1, 0.15) is 81.1 Å². The van der Waals surface area contributed by atoms with Crippen LogP contribution in [0.25, 0.3) is 0 Å². The maximum absolute atomic E-state index is 12.4. The van der Waals surface area contributed by atoms with Crippen LogP contribution in [-0.4, -0.2) is 24.3 Å². The van der Waals surface area contributed by atoms with Crippen LogP contribution < -0.4 is 0 Å². The zero-order valence-electron chi connectivity index (χ0n) is 15.8. The van der Waals surface area contributed by atoms with Crippen LogP contribution in [0.3, 0.4) is 0 Å². The summed E-state index contributed by atoms with van der Waals surface area (Å²) in [5, 5.41) is 0. The number of ether oxygens (including phenoxy) is 1. The summed E-state index contributed by atoms with van der Waals surface area (Å²) in [4.78, 5) is 23.1. The Morgan fingerprint density at radius 2 is 1.64 bits per heavy atom. The van der Waals surface area contributed by atoms with Gasteiger partial charge >= 0.3 is 5.97 Å². The summed E-state index contributed by atoms with van der Waals surface area (Å²) in [6.45, 7) is 16.7. The monoisotopic (exact) mass is 316 g/mol. The van der Waals surface area contributed by atoms with Crippen molar-refractivity contribution in [1.82, 2.24) is 0 Å². The molecule has 0 N–H and O–H groups in total. The van der Waals surface area contributed by atoms with E-state index in [0.29, 0.717) is 6.61 Å². The lowest BCUT2D eigenvalue weighted by Gasteiger charge is -2.30. The smallest absolute Gasteiger partial charge is 0.339 e. The molecule has 0 heterocycles. The molecule has 0 saturated heterocycles. The van der Waals surface area contributed by atoms with Gasteiger partial charge in [-0.25, -0.2) is 14.6 Å². The van der Waals surface area contributed by atoms with Crippen LogP contribution in [-0.2, 0) is 19.3 Å². The van der Waals surface area contributed by atoms with Gasteiger partial charge in [-0.15, -0.1) is 0 Å². The Bertz CT molecular complexity index is 312. The lowest BCUT2D eigenvalue weighted by atomic mass is 9.83. The van der Waals surface area contributed by atoms with Crippen LogP contribution in [0.4, 0.5) is 0 Å². The van der Waals surface area contributed by atoms with E-state index in [9.17, 15) is 4.79 Å². The van der Waals surface area contributed by atoms with Crippen molar-refractivity contribution in [2.24, 2.45) is 11.3 Å². The largest absolute Gasteiger partial charge is 0.458 e. The number of unbranched alkanes of at least 4 members (excludes halogenated alkanes) is 2. The van der Waals surface area contributed by atoms with Gasteiger partial charge in [0.1, 0.15) is 5.60 Å². The fraction of sp³-hybridized carbons (Fsp3) is 0.944. The molecule has 0 aliphatic heterocycles. The molecule has 0 aromatic carbocycles. The standard InChI is InChI=1S/C18H36O4/c1-9-10-11-12-20-22-15(14(2)13-17(3,4)5)16(19)21-18(6,7)8/h14-15H,9-13H2,1-8H3. The molecule has 0 aromatic rings. The molecule has 2 atom stereocenters. The number of carbonyl (C=O) groups is 1. The van der Waals surface area contributed by atoms with Crippen molar-refractivity contribution in [3.8, 4) is 0 Å². The fourth-order valence-electron chi connectivity index (χ4n) is 2.33. The van der Waals surface area contributed by atoms with E-state index in [1.807, 2.05) is 27.7 Å². The molecule has 0 rings (SSSR count). The first-order chi connectivity index (χ1) is 9.96. The summed E-state index contributed by atoms with van der Waals surface area (Å²) in [5.41, 5.74) is -0.409. The first-order valence-electron chi connectivity index (χ1n) is 8.47. The summed E-state index contributed by atoms with van der Waals surface area (Å²) in [7, 11) is 0. The van der Waals surface area contributed by atoms with E-state index in [1.54, 1.807) is 0 Å². The summed E-state index contributed by atoms with van der Waals surface area (Å²) >= 11 is 0. The van der Waals surface area contributed by atoms with Crippen LogP contribution in [0.2, 0.25) is 0 Å². The molecule has 132 valence electrons. The maximum atomic E-state index is 12.4. The Balaban J connectivity index is 4.65. The number of hydrogen-bond donors (Lipinski definition) is 0. The van der Waals surface area contributed by atoms with Crippen molar-refractivity contribution >= 4 is 5.97 Å². The third-order valence-electron chi connectivity index (χ3n) is 3.09. The van der Waals surface area contributed by atoms with Gasteiger partial charge in [-0.05, 0) is 44.9 Å². The Kier molecular flexibility index (Phi) is 9.25. The van der Waals surface area contributed by atoms with Crippen molar-refractivity contribution in [3.05, 3.63) is 0 Å². The average Bonchev–Trinajstić information content (AvgIpc) is 2.28. The highest BCUT2D eigenvalue weighted by Crippen LogP contribution is 2.28. The number of esters is 1. The highest BCUT2D eigenvalue weighted by Gasteiger charge is 2.34. The average molecular weight is 316 g/mol. The van der Waals surface area contributed by atoms with Crippen molar-refractivity contribution < 1.29 is 19.3 Å². The first-order valence-corrected chi connectivity index (χ1v) is 8.47. The molecule has 4 nitrogen and oxygen atoms in total. The van der Waals surface area contributed by atoms with Gasteiger partial charge in [0.05, 0.1) is 6.61 Å². The predicted octanol–water partition coefficient (Wildman–Crippen LogP) is 4.91. The van der Waals surface area contributed by atoms with E-state index in [4.69, 9.17) is 14.5 Å². The molecule has 2 unspecified atom stereocenters. The predicted molar refractivity (Wildman–Crippen MR) is 89.4 cm³/mol. The molecule has 4 heteroatoms. The first kappa shape index (κ1) is 21.4. The maximum Gasteiger partial charge on any atom is 0.339 e. The summed E-state index contributed by atoms with van der Waals surface area (Å²) in [6, 6.07) is 0. The topological polar surface area (TPSA) is 44.8 Å². The zero-order chi connectivity index (χ0) is 17.4. The summed E-state index contributed by atoms with van der Waals surface area (Å²) < 4.78 is 5.47. The van der Waals surface area contributed by atoms with Gasteiger partial charge in [0.25, 0.3) is 0 Å². The minimum Gasteiger partial charge on any atom is -0.458 e. The number of carbonyl (C=O) groups excluding carboxylic acids is 1. The van der Waals surface area contributed by atoms with Crippen LogP contribution in [0, 0.1) is 11.3 Å². The van der Waals surface area contributed by atoms with E-state index >= 15 is 0 Å². The van der Waals surface area contributed by atoms with Crippen molar-refractivity contribution in [2.45, 2.75) is 92.8 Å². The highest BCUT2D eigenvalue weighted by atomic mass is 17.2. The second kappa shape index (κ2) is 9.51. The molecule has 0 saturated carbocycles. The van der Waals surface area contributed by atoms with E-state index < -0.39 is 11.7 Å². The van der Waals surface area contributed by atoms with Gasteiger partial charge in [-0.3, -0.25) is 0 Å². The summed E-state index contributed by atoms with van der Waals surface area (Å²) in [6.07, 6.45) is 3.33. The lowest BCUT2D eigenvalue weighted by molar-refractivity contribution is -0.331. The molecule has 0 fully saturated rings. The minimum atomic E-state index is -0.680. The van der Waals surface area contributed by atoms with Crippen LogP contribution in [0.15, 0.2) is 0 Å².